The Hall–Kier alpha value is -1.92. The largest absolute Gasteiger partial charge is 0.460 e. The molecule has 0 saturated heterocycles. The number of carbonyl (C=O) groups is 1. The van der Waals surface area contributed by atoms with Gasteiger partial charge in [-0.25, -0.2) is 0 Å². The summed E-state index contributed by atoms with van der Waals surface area (Å²) in [7, 11) is 1.58. The number of aryl methyl sites for hydroxylation is 1. The van der Waals surface area contributed by atoms with Gasteiger partial charge in [0, 0.05) is 18.6 Å². The molecule has 7 heteroatoms. The SMILES string of the molecule is COCCOc1nc(-c2ccc(C)cc2)n(C(=O)C(C)(C)CCl)n1. The second kappa shape index (κ2) is 7.77. The molecule has 0 amide bonds. The Morgan fingerprint density at radius 3 is 2.50 bits per heavy atom. The standard InChI is InChI=1S/C17H22ClN3O3/c1-12-5-7-13(8-6-12)14-19-16(24-10-9-23-4)20-21(14)15(22)17(2,3)11-18/h5-8H,9-11H2,1-4H3. The number of nitrogens with zero attached hydrogens (tertiary/aromatic N) is 3. The zero-order chi connectivity index (χ0) is 17.7. The van der Waals surface area contributed by atoms with E-state index < -0.39 is 5.41 Å². The fraction of sp³-hybridized carbons (Fsp3) is 0.471. The molecule has 0 aliphatic rings. The number of hydrogen-bond acceptors (Lipinski definition) is 5. The van der Waals surface area contributed by atoms with Gasteiger partial charge in [-0.15, -0.1) is 16.7 Å². The van der Waals surface area contributed by atoms with Gasteiger partial charge in [0.05, 0.1) is 12.0 Å². The number of methoxy groups -OCH3 is 1. The van der Waals surface area contributed by atoms with Gasteiger partial charge in [-0.05, 0) is 20.8 Å². The number of hydrogen-bond donors (Lipinski definition) is 0. The van der Waals surface area contributed by atoms with Crippen LogP contribution in [-0.4, -0.2) is 46.9 Å². The van der Waals surface area contributed by atoms with Crippen molar-refractivity contribution in [3.05, 3.63) is 29.8 Å². The van der Waals surface area contributed by atoms with Crippen molar-refractivity contribution < 1.29 is 14.3 Å². The van der Waals surface area contributed by atoms with E-state index in [0.717, 1.165) is 11.1 Å². The third-order valence-corrected chi connectivity index (χ3v) is 4.19. The highest BCUT2D eigenvalue weighted by atomic mass is 35.5. The molecule has 0 bridgehead atoms. The molecule has 0 atom stereocenters. The number of aromatic nitrogens is 3. The Morgan fingerprint density at radius 1 is 1.25 bits per heavy atom. The molecule has 6 nitrogen and oxygen atoms in total. The van der Waals surface area contributed by atoms with Crippen LogP contribution < -0.4 is 4.74 Å². The summed E-state index contributed by atoms with van der Waals surface area (Å²) < 4.78 is 11.7. The van der Waals surface area contributed by atoms with Gasteiger partial charge >= 0.3 is 6.01 Å². The summed E-state index contributed by atoms with van der Waals surface area (Å²) in [6.07, 6.45) is 0. The van der Waals surface area contributed by atoms with Crippen molar-refractivity contribution in [3.8, 4) is 17.4 Å². The lowest BCUT2D eigenvalue weighted by Gasteiger charge is -2.19. The van der Waals surface area contributed by atoms with Gasteiger partial charge < -0.3 is 9.47 Å². The molecule has 24 heavy (non-hydrogen) atoms. The van der Waals surface area contributed by atoms with E-state index in [0.29, 0.717) is 19.0 Å². The number of halogens is 1. The number of benzene rings is 1. The van der Waals surface area contributed by atoms with Crippen molar-refractivity contribution in [2.45, 2.75) is 20.8 Å². The average molecular weight is 352 g/mol. The molecule has 0 aliphatic heterocycles. The number of carbonyl (C=O) groups excluding carboxylic acids is 1. The van der Waals surface area contributed by atoms with Crippen LogP contribution in [0.5, 0.6) is 6.01 Å². The first-order chi connectivity index (χ1) is 11.4. The lowest BCUT2D eigenvalue weighted by molar-refractivity contribution is 0.0751. The molecule has 2 rings (SSSR count). The minimum Gasteiger partial charge on any atom is -0.460 e. The van der Waals surface area contributed by atoms with Crippen LogP contribution in [0.3, 0.4) is 0 Å². The minimum absolute atomic E-state index is 0.140. The van der Waals surface area contributed by atoms with E-state index in [9.17, 15) is 4.79 Å². The number of rotatable bonds is 7. The maximum Gasteiger partial charge on any atom is 0.336 e. The molecule has 0 unspecified atom stereocenters. The van der Waals surface area contributed by atoms with Crippen LogP contribution in [0.1, 0.15) is 24.2 Å². The van der Waals surface area contributed by atoms with Gasteiger partial charge in [0.2, 0.25) is 0 Å². The van der Waals surface area contributed by atoms with Gasteiger partial charge in [-0.3, -0.25) is 4.79 Å². The molecule has 0 fully saturated rings. The summed E-state index contributed by atoms with van der Waals surface area (Å²) in [5.41, 5.74) is 1.14. The topological polar surface area (TPSA) is 66.2 Å². The van der Waals surface area contributed by atoms with Gasteiger partial charge in [0.1, 0.15) is 6.61 Å². The van der Waals surface area contributed by atoms with Crippen molar-refractivity contribution in [1.29, 1.82) is 0 Å². The summed E-state index contributed by atoms with van der Waals surface area (Å²) in [6.45, 7) is 6.26. The van der Waals surface area contributed by atoms with Crippen molar-refractivity contribution in [2.24, 2.45) is 5.41 Å². The highest BCUT2D eigenvalue weighted by Crippen LogP contribution is 2.26. The van der Waals surface area contributed by atoms with Crippen LogP contribution in [0, 0.1) is 12.3 Å². The van der Waals surface area contributed by atoms with Crippen molar-refractivity contribution in [3.63, 3.8) is 0 Å². The van der Waals surface area contributed by atoms with E-state index in [1.807, 2.05) is 31.2 Å². The summed E-state index contributed by atoms with van der Waals surface area (Å²) >= 11 is 5.94. The molecule has 2 aromatic rings. The van der Waals surface area contributed by atoms with Gasteiger partial charge in [0.15, 0.2) is 5.82 Å². The van der Waals surface area contributed by atoms with Gasteiger partial charge in [-0.2, -0.15) is 9.67 Å². The molecule has 1 aromatic carbocycles. The Kier molecular flexibility index (Phi) is 5.96. The normalized spacial score (nSPS) is 11.5. The van der Waals surface area contributed by atoms with Crippen molar-refractivity contribution in [1.82, 2.24) is 14.8 Å². The fourth-order valence-corrected chi connectivity index (χ4v) is 2.06. The predicted molar refractivity (Wildman–Crippen MR) is 92.7 cm³/mol. The van der Waals surface area contributed by atoms with Crippen LogP contribution in [0.4, 0.5) is 0 Å². The maximum absolute atomic E-state index is 12.8. The molecule has 0 aliphatic carbocycles. The lowest BCUT2D eigenvalue weighted by Crippen LogP contribution is -2.32. The summed E-state index contributed by atoms with van der Waals surface area (Å²) in [5.74, 6) is 0.381. The van der Waals surface area contributed by atoms with Crippen molar-refractivity contribution in [2.75, 3.05) is 26.2 Å². The summed E-state index contributed by atoms with van der Waals surface area (Å²) in [4.78, 5) is 17.2. The smallest absolute Gasteiger partial charge is 0.336 e. The van der Waals surface area contributed by atoms with E-state index in [1.54, 1.807) is 21.0 Å². The van der Waals surface area contributed by atoms with Gasteiger partial charge in [0.25, 0.3) is 5.91 Å². The van der Waals surface area contributed by atoms with E-state index in [1.165, 1.54) is 4.68 Å². The van der Waals surface area contributed by atoms with E-state index in [2.05, 4.69) is 10.1 Å². The third-order valence-electron chi connectivity index (χ3n) is 3.52. The molecular weight excluding hydrogens is 330 g/mol. The first-order valence-electron chi connectivity index (χ1n) is 7.65. The lowest BCUT2D eigenvalue weighted by atomic mass is 9.95. The molecular formula is C17H22ClN3O3. The van der Waals surface area contributed by atoms with Crippen LogP contribution in [-0.2, 0) is 4.74 Å². The molecule has 0 N–H and O–H groups in total. The Morgan fingerprint density at radius 2 is 1.92 bits per heavy atom. The molecule has 0 spiro atoms. The molecule has 1 aromatic heterocycles. The first kappa shape index (κ1) is 18.4. The van der Waals surface area contributed by atoms with Crippen LogP contribution in [0.2, 0.25) is 0 Å². The maximum atomic E-state index is 12.8. The highest BCUT2D eigenvalue weighted by Gasteiger charge is 2.32. The average Bonchev–Trinajstić information content (AvgIpc) is 2.99. The molecule has 0 radical (unpaired) electrons. The second-order valence-electron chi connectivity index (χ2n) is 6.16. The second-order valence-corrected chi connectivity index (χ2v) is 6.43. The van der Waals surface area contributed by atoms with Crippen LogP contribution in [0.15, 0.2) is 24.3 Å². The summed E-state index contributed by atoms with van der Waals surface area (Å²) in [5, 5.41) is 4.21. The number of ether oxygens (including phenoxy) is 2. The minimum atomic E-state index is -0.765. The van der Waals surface area contributed by atoms with Crippen LogP contribution >= 0.6 is 11.6 Å². The third kappa shape index (κ3) is 4.13. The zero-order valence-corrected chi connectivity index (χ0v) is 15.1. The quantitative estimate of drug-likeness (QED) is 0.566. The highest BCUT2D eigenvalue weighted by molar-refractivity contribution is 6.20. The Bertz CT molecular complexity index is 696. The fourth-order valence-electron chi connectivity index (χ4n) is 1.95. The van der Waals surface area contributed by atoms with E-state index in [-0.39, 0.29) is 17.8 Å². The van der Waals surface area contributed by atoms with Crippen LogP contribution in [0.25, 0.3) is 11.4 Å². The first-order valence-corrected chi connectivity index (χ1v) is 8.19. The Labute approximate surface area is 146 Å². The van der Waals surface area contributed by atoms with E-state index >= 15 is 0 Å². The monoisotopic (exact) mass is 351 g/mol. The predicted octanol–water partition coefficient (Wildman–Crippen LogP) is 3.18. The van der Waals surface area contributed by atoms with E-state index in [4.69, 9.17) is 21.1 Å². The number of alkyl halides is 1. The summed E-state index contributed by atoms with van der Waals surface area (Å²) in [6, 6.07) is 7.85. The molecule has 0 saturated carbocycles. The Balaban J connectivity index is 2.42. The molecule has 1 heterocycles. The molecule has 130 valence electrons. The zero-order valence-electron chi connectivity index (χ0n) is 14.4. The van der Waals surface area contributed by atoms with Crippen molar-refractivity contribution >= 4 is 17.5 Å². The van der Waals surface area contributed by atoms with Gasteiger partial charge in [-0.1, -0.05) is 29.8 Å².